The third kappa shape index (κ3) is 3.87. The van der Waals surface area contributed by atoms with E-state index in [1.807, 2.05) is 26.8 Å². The summed E-state index contributed by atoms with van der Waals surface area (Å²) < 4.78 is 34.5. The molecule has 2 aromatic rings. The van der Waals surface area contributed by atoms with E-state index in [9.17, 15) is 8.42 Å². The maximum absolute atomic E-state index is 12.7. The minimum absolute atomic E-state index is 0.265. The second kappa shape index (κ2) is 6.93. The number of hydrogen-bond acceptors (Lipinski definition) is 3. The average molecular weight is 398 g/mol. The van der Waals surface area contributed by atoms with Gasteiger partial charge in [0.1, 0.15) is 5.75 Å². The van der Waals surface area contributed by atoms with Crippen LogP contribution in [0, 0.1) is 20.8 Å². The maximum atomic E-state index is 12.7. The Labute approximate surface area is 146 Å². The molecular formula is C17H20BrNO3S. The van der Waals surface area contributed by atoms with Crippen molar-refractivity contribution in [2.75, 3.05) is 11.3 Å². The van der Waals surface area contributed by atoms with Crippen molar-refractivity contribution >= 4 is 31.6 Å². The lowest BCUT2D eigenvalue weighted by Gasteiger charge is -2.16. The molecule has 124 valence electrons. The predicted octanol–water partition coefficient (Wildman–Crippen LogP) is 4.57. The number of benzene rings is 2. The van der Waals surface area contributed by atoms with E-state index >= 15 is 0 Å². The Morgan fingerprint density at radius 3 is 2.39 bits per heavy atom. The second-order valence-corrected chi connectivity index (χ2v) is 7.88. The molecule has 0 spiro atoms. The van der Waals surface area contributed by atoms with Gasteiger partial charge in [0.15, 0.2) is 0 Å². The Balaban J connectivity index is 2.42. The molecule has 0 bridgehead atoms. The third-order valence-corrected chi connectivity index (χ3v) is 5.71. The van der Waals surface area contributed by atoms with Crippen LogP contribution < -0.4 is 9.46 Å². The zero-order chi connectivity index (χ0) is 17.2. The van der Waals surface area contributed by atoms with Gasteiger partial charge in [-0.1, -0.05) is 15.9 Å². The number of sulfonamides is 1. The monoisotopic (exact) mass is 397 g/mol. The number of rotatable bonds is 5. The minimum atomic E-state index is -3.65. The van der Waals surface area contributed by atoms with Crippen LogP contribution in [0.2, 0.25) is 0 Å². The molecule has 0 unspecified atom stereocenters. The van der Waals surface area contributed by atoms with Crippen LogP contribution in [0.5, 0.6) is 5.75 Å². The van der Waals surface area contributed by atoms with Crippen LogP contribution in [0.25, 0.3) is 0 Å². The van der Waals surface area contributed by atoms with E-state index in [-0.39, 0.29) is 4.90 Å². The van der Waals surface area contributed by atoms with Crippen molar-refractivity contribution in [2.24, 2.45) is 0 Å². The van der Waals surface area contributed by atoms with Gasteiger partial charge >= 0.3 is 0 Å². The zero-order valence-corrected chi connectivity index (χ0v) is 16.0. The molecule has 2 aromatic carbocycles. The normalized spacial score (nSPS) is 11.3. The zero-order valence-electron chi connectivity index (χ0n) is 13.6. The molecule has 6 heteroatoms. The Hall–Kier alpha value is -1.53. The molecule has 0 amide bonds. The smallest absolute Gasteiger partial charge is 0.262 e. The van der Waals surface area contributed by atoms with Gasteiger partial charge in [-0.05, 0) is 74.7 Å². The van der Waals surface area contributed by atoms with E-state index in [0.29, 0.717) is 23.6 Å². The van der Waals surface area contributed by atoms with Crippen LogP contribution in [0.15, 0.2) is 39.7 Å². The van der Waals surface area contributed by atoms with Crippen molar-refractivity contribution in [1.82, 2.24) is 0 Å². The predicted molar refractivity (Wildman–Crippen MR) is 96.8 cm³/mol. The molecule has 0 saturated carbocycles. The van der Waals surface area contributed by atoms with Gasteiger partial charge in [-0.15, -0.1) is 0 Å². The third-order valence-electron chi connectivity index (χ3n) is 3.71. The number of ether oxygens (including phenoxy) is 1. The van der Waals surface area contributed by atoms with E-state index in [2.05, 4.69) is 20.7 Å². The molecule has 4 nitrogen and oxygen atoms in total. The van der Waals surface area contributed by atoms with Gasteiger partial charge in [0.25, 0.3) is 10.0 Å². The summed E-state index contributed by atoms with van der Waals surface area (Å²) in [6.45, 7) is 7.96. The van der Waals surface area contributed by atoms with Crippen molar-refractivity contribution in [1.29, 1.82) is 0 Å². The molecular weight excluding hydrogens is 378 g/mol. The van der Waals surface area contributed by atoms with Gasteiger partial charge in [-0.3, -0.25) is 4.72 Å². The Bertz CT molecular complexity index is 832. The Kier molecular flexibility index (Phi) is 5.37. The highest BCUT2D eigenvalue weighted by Gasteiger charge is 2.20. The summed E-state index contributed by atoms with van der Waals surface area (Å²) in [4.78, 5) is 0.265. The summed E-state index contributed by atoms with van der Waals surface area (Å²) in [6, 6.07) is 8.71. The molecule has 0 fully saturated rings. The highest BCUT2D eigenvalue weighted by atomic mass is 79.9. The number of halogens is 1. The van der Waals surface area contributed by atoms with E-state index in [1.165, 1.54) is 0 Å². The van der Waals surface area contributed by atoms with E-state index in [1.54, 1.807) is 31.2 Å². The SMILES string of the molecule is CCOc1ccc(S(=O)(=O)Nc2ccc(Br)cc2C)c(C)c1C. The quantitative estimate of drug-likeness (QED) is 0.803. The summed E-state index contributed by atoms with van der Waals surface area (Å²) in [6.07, 6.45) is 0. The van der Waals surface area contributed by atoms with Crippen LogP contribution in [0.1, 0.15) is 23.6 Å². The lowest BCUT2D eigenvalue weighted by molar-refractivity contribution is 0.337. The first-order chi connectivity index (χ1) is 10.8. The first kappa shape index (κ1) is 17.8. The maximum Gasteiger partial charge on any atom is 0.262 e. The fourth-order valence-corrected chi connectivity index (χ4v) is 4.22. The van der Waals surface area contributed by atoms with Gasteiger partial charge in [0.2, 0.25) is 0 Å². The summed E-state index contributed by atoms with van der Waals surface area (Å²) in [5, 5.41) is 0. The van der Waals surface area contributed by atoms with Crippen LogP contribution in [-0.2, 0) is 10.0 Å². The van der Waals surface area contributed by atoms with Crippen molar-refractivity contribution in [3.8, 4) is 5.75 Å². The van der Waals surface area contributed by atoms with Gasteiger partial charge in [0, 0.05) is 4.47 Å². The summed E-state index contributed by atoms with van der Waals surface area (Å²) >= 11 is 3.37. The van der Waals surface area contributed by atoms with Gasteiger partial charge < -0.3 is 4.74 Å². The van der Waals surface area contributed by atoms with Crippen molar-refractivity contribution in [3.63, 3.8) is 0 Å². The number of hydrogen-bond donors (Lipinski definition) is 1. The standard InChI is InChI=1S/C17H20BrNO3S/c1-5-22-16-8-9-17(13(4)12(16)3)23(20,21)19-15-7-6-14(18)10-11(15)2/h6-10,19H,5H2,1-4H3. The van der Waals surface area contributed by atoms with Crippen molar-refractivity contribution in [3.05, 3.63) is 51.5 Å². The minimum Gasteiger partial charge on any atom is -0.494 e. The van der Waals surface area contributed by atoms with E-state index < -0.39 is 10.0 Å². The van der Waals surface area contributed by atoms with Gasteiger partial charge in [-0.25, -0.2) is 8.42 Å². The van der Waals surface area contributed by atoms with Gasteiger partial charge in [0.05, 0.1) is 17.2 Å². The molecule has 0 aliphatic heterocycles. The Morgan fingerprint density at radius 1 is 1.09 bits per heavy atom. The van der Waals surface area contributed by atoms with Gasteiger partial charge in [-0.2, -0.15) is 0 Å². The molecule has 2 rings (SSSR count). The van der Waals surface area contributed by atoms with Crippen molar-refractivity contribution in [2.45, 2.75) is 32.6 Å². The Morgan fingerprint density at radius 2 is 1.78 bits per heavy atom. The fourth-order valence-electron chi connectivity index (χ4n) is 2.32. The molecule has 0 aromatic heterocycles. The molecule has 0 aliphatic carbocycles. The van der Waals surface area contributed by atoms with Crippen LogP contribution in [0.3, 0.4) is 0 Å². The number of aryl methyl sites for hydroxylation is 1. The lowest BCUT2D eigenvalue weighted by Crippen LogP contribution is -2.15. The van der Waals surface area contributed by atoms with Crippen LogP contribution >= 0.6 is 15.9 Å². The molecule has 0 atom stereocenters. The summed E-state index contributed by atoms with van der Waals surface area (Å²) in [7, 11) is -3.65. The lowest BCUT2D eigenvalue weighted by atomic mass is 10.1. The second-order valence-electron chi connectivity index (χ2n) is 5.31. The fraction of sp³-hybridized carbons (Fsp3) is 0.294. The molecule has 0 aliphatic rings. The summed E-state index contributed by atoms with van der Waals surface area (Å²) in [5.74, 6) is 0.712. The average Bonchev–Trinajstić information content (AvgIpc) is 2.47. The molecule has 0 radical (unpaired) electrons. The number of anilines is 1. The van der Waals surface area contributed by atoms with Crippen LogP contribution in [0.4, 0.5) is 5.69 Å². The number of nitrogens with one attached hydrogen (secondary N) is 1. The highest BCUT2D eigenvalue weighted by Crippen LogP contribution is 2.29. The first-order valence-electron chi connectivity index (χ1n) is 7.28. The van der Waals surface area contributed by atoms with E-state index in [0.717, 1.165) is 15.6 Å². The molecule has 1 N–H and O–H groups in total. The molecule has 0 saturated heterocycles. The summed E-state index contributed by atoms with van der Waals surface area (Å²) in [5.41, 5.74) is 2.95. The van der Waals surface area contributed by atoms with Crippen molar-refractivity contribution < 1.29 is 13.2 Å². The first-order valence-corrected chi connectivity index (χ1v) is 9.56. The highest BCUT2D eigenvalue weighted by molar-refractivity contribution is 9.10. The van der Waals surface area contributed by atoms with E-state index in [4.69, 9.17) is 4.74 Å². The molecule has 23 heavy (non-hydrogen) atoms. The molecule has 0 heterocycles. The van der Waals surface area contributed by atoms with Crippen LogP contribution in [-0.4, -0.2) is 15.0 Å². The topological polar surface area (TPSA) is 55.4 Å². The largest absolute Gasteiger partial charge is 0.494 e.